The van der Waals surface area contributed by atoms with Gasteiger partial charge >= 0.3 is 0 Å². The van der Waals surface area contributed by atoms with Gasteiger partial charge in [0.15, 0.2) is 0 Å². The molecule has 2 aliphatic rings. The first kappa shape index (κ1) is 8.24. The Morgan fingerprint density at radius 1 is 1.33 bits per heavy atom. The summed E-state index contributed by atoms with van der Waals surface area (Å²) >= 11 is 0. The van der Waals surface area contributed by atoms with Gasteiger partial charge in [0, 0.05) is 24.4 Å². The molecule has 2 nitrogen and oxygen atoms in total. The van der Waals surface area contributed by atoms with Crippen LogP contribution in [0.3, 0.4) is 0 Å². The van der Waals surface area contributed by atoms with Gasteiger partial charge in [0.2, 0.25) is 0 Å². The lowest BCUT2D eigenvalue weighted by Crippen LogP contribution is -2.52. The molecule has 0 amide bonds. The Bertz CT molecular complexity index is 190. The van der Waals surface area contributed by atoms with E-state index in [0.717, 1.165) is 12.8 Å². The van der Waals surface area contributed by atoms with Crippen LogP contribution in [0.1, 0.15) is 39.0 Å². The number of Topliss-reactive ketones (excluding diaryl/α,β-unsaturated/α-hetero) is 1. The molecule has 3 atom stereocenters. The van der Waals surface area contributed by atoms with E-state index >= 15 is 0 Å². The molecule has 2 rings (SSSR count). The maximum absolute atomic E-state index is 11.6. The number of carbonyl (C=O) groups is 1. The fraction of sp³-hybridized carbons (Fsp3) is 0.900. The van der Waals surface area contributed by atoms with E-state index in [1.807, 2.05) is 0 Å². The predicted molar refractivity (Wildman–Crippen MR) is 48.0 cm³/mol. The summed E-state index contributed by atoms with van der Waals surface area (Å²) in [4.78, 5) is 11.6. The molecular weight excluding hydrogens is 150 g/mol. The summed E-state index contributed by atoms with van der Waals surface area (Å²) in [5.74, 6) is 0.862. The Balaban J connectivity index is 2.06. The van der Waals surface area contributed by atoms with Crippen molar-refractivity contribution in [1.82, 2.24) is 5.32 Å². The maximum Gasteiger partial charge on any atom is 0.139 e. The molecule has 3 unspecified atom stereocenters. The molecule has 0 aromatic rings. The van der Waals surface area contributed by atoms with Crippen molar-refractivity contribution in [3.8, 4) is 0 Å². The van der Waals surface area contributed by atoms with E-state index in [2.05, 4.69) is 12.2 Å². The highest BCUT2D eigenvalue weighted by Crippen LogP contribution is 2.29. The van der Waals surface area contributed by atoms with Gasteiger partial charge < -0.3 is 5.32 Å². The second-order valence-corrected chi connectivity index (χ2v) is 4.24. The Morgan fingerprint density at radius 2 is 2.08 bits per heavy atom. The van der Waals surface area contributed by atoms with Crippen LogP contribution < -0.4 is 5.32 Å². The SMILES string of the molecule is CC1CC(=O)C2CCCCC2N1. The van der Waals surface area contributed by atoms with E-state index in [9.17, 15) is 4.79 Å². The number of hydrogen-bond donors (Lipinski definition) is 1. The molecule has 0 aromatic carbocycles. The lowest BCUT2D eigenvalue weighted by Gasteiger charge is -2.38. The van der Waals surface area contributed by atoms with Crippen LogP contribution in [-0.2, 0) is 4.79 Å². The molecule has 68 valence electrons. The number of carbonyl (C=O) groups excluding carboxylic acids is 1. The average molecular weight is 167 g/mol. The largest absolute Gasteiger partial charge is 0.310 e. The smallest absolute Gasteiger partial charge is 0.139 e. The number of piperidine rings is 1. The molecule has 1 saturated carbocycles. The fourth-order valence-corrected chi connectivity index (χ4v) is 2.59. The normalized spacial score (nSPS) is 42.4. The van der Waals surface area contributed by atoms with Crippen molar-refractivity contribution < 1.29 is 4.79 Å². The molecule has 0 aromatic heterocycles. The molecule has 1 heterocycles. The van der Waals surface area contributed by atoms with Crippen molar-refractivity contribution in [1.29, 1.82) is 0 Å². The summed E-state index contributed by atoms with van der Waals surface area (Å²) in [6.45, 7) is 2.11. The monoisotopic (exact) mass is 167 g/mol. The summed E-state index contributed by atoms with van der Waals surface area (Å²) in [5.41, 5.74) is 0. The quantitative estimate of drug-likeness (QED) is 0.592. The minimum atomic E-state index is 0.356. The summed E-state index contributed by atoms with van der Waals surface area (Å²) in [6.07, 6.45) is 5.64. The molecule has 0 bridgehead atoms. The highest BCUT2D eigenvalue weighted by Gasteiger charge is 2.35. The molecule has 2 fully saturated rings. The average Bonchev–Trinajstić information content (AvgIpc) is 2.04. The first-order valence-electron chi connectivity index (χ1n) is 5.06. The van der Waals surface area contributed by atoms with E-state index in [0.29, 0.717) is 23.8 Å². The molecule has 0 radical (unpaired) electrons. The third-order valence-electron chi connectivity index (χ3n) is 3.19. The van der Waals surface area contributed by atoms with Crippen LogP contribution in [-0.4, -0.2) is 17.9 Å². The lowest BCUT2D eigenvalue weighted by molar-refractivity contribution is -0.127. The van der Waals surface area contributed by atoms with Crippen molar-refractivity contribution in [3.05, 3.63) is 0 Å². The number of ketones is 1. The van der Waals surface area contributed by atoms with Crippen molar-refractivity contribution in [2.24, 2.45) is 5.92 Å². The first-order valence-corrected chi connectivity index (χ1v) is 5.06. The van der Waals surface area contributed by atoms with Crippen LogP contribution in [0, 0.1) is 5.92 Å². The number of hydrogen-bond acceptors (Lipinski definition) is 2. The molecular formula is C10H17NO. The van der Waals surface area contributed by atoms with Crippen LogP contribution >= 0.6 is 0 Å². The fourth-order valence-electron chi connectivity index (χ4n) is 2.59. The van der Waals surface area contributed by atoms with Crippen molar-refractivity contribution >= 4 is 5.78 Å². The third kappa shape index (κ3) is 1.40. The molecule has 1 aliphatic carbocycles. The molecule has 1 saturated heterocycles. The maximum atomic E-state index is 11.6. The molecule has 2 heteroatoms. The Hall–Kier alpha value is -0.370. The summed E-state index contributed by atoms with van der Waals surface area (Å²) in [7, 11) is 0. The van der Waals surface area contributed by atoms with Crippen molar-refractivity contribution in [2.75, 3.05) is 0 Å². The second kappa shape index (κ2) is 3.17. The van der Waals surface area contributed by atoms with Crippen molar-refractivity contribution in [3.63, 3.8) is 0 Å². The van der Waals surface area contributed by atoms with E-state index in [-0.39, 0.29) is 0 Å². The minimum absolute atomic E-state index is 0.356. The highest BCUT2D eigenvalue weighted by atomic mass is 16.1. The Morgan fingerprint density at radius 3 is 2.92 bits per heavy atom. The highest BCUT2D eigenvalue weighted by molar-refractivity contribution is 5.83. The summed E-state index contributed by atoms with van der Waals surface area (Å²) in [5, 5.41) is 3.53. The zero-order valence-electron chi connectivity index (χ0n) is 7.68. The molecule has 1 aliphatic heterocycles. The van der Waals surface area contributed by atoms with E-state index < -0.39 is 0 Å². The Kier molecular flexibility index (Phi) is 2.18. The van der Waals surface area contributed by atoms with E-state index in [1.165, 1.54) is 19.3 Å². The molecule has 12 heavy (non-hydrogen) atoms. The zero-order valence-corrected chi connectivity index (χ0v) is 7.68. The zero-order chi connectivity index (χ0) is 8.55. The minimum Gasteiger partial charge on any atom is -0.310 e. The summed E-state index contributed by atoms with van der Waals surface area (Å²) in [6, 6.07) is 0.923. The van der Waals surface area contributed by atoms with Gasteiger partial charge in [-0.05, 0) is 19.8 Å². The van der Waals surface area contributed by atoms with Crippen LogP contribution in [0.2, 0.25) is 0 Å². The number of rotatable bonds is 0. The molecule has 0 spiro atoms. The van der Waals surface area contributed by atoms with Crippen molar-refractivity contribution in [2.45, 2.75) is 51.1 Å². The van der Waals surface area contributed by atoms with Crippen LogP contribution in [0.5, 0.6) is 0 Å². The summed E-state index contributed by atoms with van der Waals surface area (Å²) < 4.78 is 0. The van der Waals surface area contributed by atoms with Gasteiger partial charge in [0.1, 0.15) is 5.78 Å². The van der Waals surface area contributed by atoms with Gasteiger partial charge in [-0.3, -0.25) is 4.79 Å². The van der Waals surface area contributed by atoms with E-state index in [4.69, 9.17) is 0 Å². The second-order valence-electron chi connectivity index (χ2n) is 4.24. The topological polar surface area (TPSA) is 29.1 Å². The predicted octanol–water partition coefficient (Wildman–Crippen LogP) is 1.50. The van der Waals surface area contributed by atoms with Gasteiger partial charge in [-0.25, -0.2) is 0 Å². The van der Waals surface area contributed by atoms with Gasteiger partial charge in [-0.2, -0.15) is 0 Å². The molecule has 1 N–H and O–H groups in total. The first-order chi connectivity index (χ1) is 5.77. The Labute approximate surface area is 73.7 Å². The van der Waals surface area contributed by atoms with Gasteiger partial charge in [0.05, 0.1) is 0 Å². The number of nitrogens with one attached hydrogen (secondary N) is 1. The van der Waals surface area contributed by atoms with Gasteiger partial charge in [-0.15, -0.1) is 0 Å². The van der Waals surface area contributed by atoms with Crippen LogP contribution in [0.4, 0.5) is 0 Å². The lowest BCUT2D eigenvalue weighted by atomic mass is 9.77. The van der Waals surface area contributed by atoms with Gasteiger partial charge in [-0.1, -0.05) is 12.8 Å². The van der Waals surface area contributed by atoms with E-state index in [1.54, 1.807) is 0 Å². The van der Waals surface area contributed by atoms with Crippen LogP contribution in [0.25, 0.3) is 0 Å². The van der Waals surface area contributed by atoms with Crippen LogP contribution in [0.15, 0.2) is 0 Å². The number of fused-ring (bicyclic) bond motifs is 1. The standard InChI is InChI=1S/C10H17NO/c1-7-6-10(12)8-4-2-3-5-9(8)11-7/h7-9,11H,2-6H2,1H3. The van der Waals surface area contributed by atoms with Gasteiger partial charge in [0.25, 0.3) is 0 Å². The third-order valence-corrected chi connectivity index (χ3v) is 3.19.